The van der Waals surface area contributed by atoms with Crippen LogP contribution in [-0.4, -0.2) is 24.8 Å². The molecule has 1 saturated carbocycles. The lowest BCUT2D eigenvalue weighted by Crippen LogP contribution is -2.41. The van der Waals surface area contributed by atoms with Gasteiger partial charge >= 0.3 is 0 Å². The van der Waals surface area contributed by atoms with Crippen molar-refractivity contribution in [1.29, 1.82) is 0 Å². The fraction of sp³-hybridized carbons (Fsp3) is 0.571. The second-order valence-corrected chi connectivity index (χ2v) is 5.72. The van der Waals surface area contributed by atoms with Crippen LogP contribution < -0.4 is 5.32 Å². The van der Waals surface area contributed by atoms with Crippen LogP contribution in [0.3, 0.4) is 0 Å². The van der Waals surface area contributed by atoms with Gasteiger partial charge in [0.15, 0.2) is 0 Å². The topological polar surface area (TPSA) is 21.3 Å². The summed E-state index contributed by atoms with van der Waals surface area (Å²) in [5, 5.41) is 4.59. The average Bonchev–Trinajstić information content (AvgIpc) is 2.87. The van der Waals surface area contributed by atoms with Crippen molar-refractivity contribution in [2.75, 3.05) is 13.2 Å². The van der Waals surface area contributed by atoms with Gasteiger partial charge in [0.1, 0.15) is 0 Å². The molecule has 1 unspecified atom stereocenters. The van der Waals surface area contributed by atoms with Crippen molar-refractivity contribution >= 4 is 11.6 Å². The molecule has 0 amide bonds. The molecule has 1 aromatic rings. The molecule has 3 rings (SSSR count). The summed E-state index contributed by atoms with van der Waals surface area (Å²) < 4.78 is 5.42. The molecule has 2 fully saturated rings. The van der Waals surface area contributed by atoms with Crippen molar-refractivity contribution in [1.82, 2.24) is 5.32 Å². The highest BCUT2D eigenvalue weighted by atomic mass is 35.5. The van der Waals surface area contributed by atoms with Crippen LogP contribution in [0, 0.1) is 0 Å². The molecule has 1 atom stereocenters. The van der Waals surface area contributed by atoms with E-state index in [1.807, 2.05) is 12.1 Å². The minimum absolute atomic E-state index is 0.339. The summed E-state index contributed by atoms with van der Waals surface area (Å²) in [7, 11) is 0. The van der Waals surface area contributed by atoms with Gasteiger partial charge in [-0.1, -0.05) is 23.7 Å². The molecule has 1 N–H and O–H groups in total. The van der Waals surface area contributed by atoms with E-state index in [1.165, 1.54) is 18.4 Å². The van der Waals surface area contributed by atoms with Crippen molar-refractivity contribution < 1.29 is 4.74 Å². The van der Waals surface area contributed by atoms with Crippen LogP contribution >= 0.6 is 11.6 Å². The minimum atomic E-state index is 0.339. The number of hydrogen-bond donors (Lipinski definition) is 1. The standard InChI is InChI=1S/C14H18ClNO/c15-12-3-1-11(2-4-12)9-14(6-7-14)16-13-5-8-17-10-13/h1-4,13,16H,5-10H2. The Bertz CT molecular complexity index is 380. The van der Waals surface area contributed by atoms with E-state index >= 15 is 0 Å². The number of benzene rings is 1. The minimum Gasteiger partial charge on any atom is -0.380 e. The highest BCUT2D eigenvalue weighted by Gasteiger charge is 2.44. The van der Waals surface area contributed by atoms with E-state index in [0.29, 0.717) is 11.6 Å². The van der Waals surface area contributed by atoms with Crippen molar-refractivity contribution in [2.24, 2.45) is 0 Å². The van der Waals surface area contributed by atoms with Gasteiger partial charge in [-0.25, -0.2) is 0 Å². The van der Waals surface area contributed by atoms with Crippen LogP contribution in [0.1, 0.15) is 24.8 Å². The van der Waals surface area contributed by atoms with Crippen LogP contribution in [-0.2, 0) is 11.2 Å². The molecule has 1 aliphatic carbocycles. The molecule has 1 aromatic carbocycles. The number of hydrogen-bond acceptors (Lipinski definition) is 2. The number of nitrogens with one attached hydrogen (secondary N) is 1. The maximum absolute atomic E-state index is 5.90. The summed E-state index contributed by atoms with van der Waals surface area (Å²) in [4.78, 5) is 0. The summed E-state index contributed by atoms with van der Waals surface area (Å²) >= 11 is 5.90. The molecule has 0 aromatic heterocycles. The van der Waals surface area contributed by atoms with E-state index in [0.717, 1.165) is 31.1 Å². The third-order valence-corrected chi connectivity index (χ3v) is 4.00. The van der Waals surface area contributed by atoms with Gasteiger partial charge in [-0.05, 0) is 43.4 Å². The third kappa shape index (κ3) is 2.82. The van der Waals surface area contributed by atoms with Crippen LogP contribution in [0.4, 0.5) is 0 Å². The van der Waals surface area contributed by atoms with E-state index in [2.05, 4.69) is 17.4 Å². The predicted molar refractivity (Wildman–Crippen MR) is 69.5 cm³/mol. The molecule has 2 nitrogen and oxygen atoms in total. The first-order chi connectivity index (χ1) is 8.26. The van der Waals surface area contributed by atoms with Crippen LogP contribution in [0.5, 0.6) is 0 Å². The Kier molecular flexibility index (Phi) is 3.12. The van der Waals surface area contributed by atoms with Crippen molar-refractivity contribution in [3.05, 3.63) is 34.9 Å². The lowest BCUT2D eigenvalue weighted by molar-refractivity contribution is 0.187. The normalized spacial score (nSPS) is 26.1. The van der Waals surface area contributed by atoms with E-state index in [1.54, 1.807) is 0 Å². The van der Waals surface area contributed by atoms with Gasteiger partial charge in [-0.2, -0.15) is 0 Å². The van der Waals surface area contributed by atoms with Gasteiger partial charge in [0, 0.05) is 23.2 Å². The lowest BCUT2D eigenvalue weighted by atomic mass is 10.0. The predicted octanol–water partition coefficient (Wildman–Crippen LogP) is 2.79. The van der Waals surface area contributed by atoms with Gasteiger partial charge in [0.05, 0.1) is 6.61 Å². The lowest BCUT2D eigenvalue weighted by Gasteiger charge is -2.21. The molecule has 1 heterocycles. The van der Waals surface area contributed by atoms with Gasteiger partial charge < -0.3 is 10.1 Å². The second kappa shape index (κ2) is 4.60. The highest BCUT2D eigenvalue weighted by molar-refractivity contribution is 6.30. The first kappa shape index (κ1) is 11.5. The highest BCUT2D eigenvalue weighted by Crippen LogP contribution is 2.39. The summed E-state index contributed by atoms with van der Waals surface area (Å²) in [6.45, 7) is 1.79. The zero-order valence-electron chi connectivity index (χ0n) is 9.92. The fourth-order valence-corrected chi connectivity index (χ4v) is 2.72. The Hall–Kier alpha value is -0.570. The van der Waals surface area contributed by atoms with E-state index in [4.69, 9.17) is 16.3 Å². The van der Waals surface area contributed by atoms with Crippen LogP contribution in [0.25, 0.3) is 0 Å². The Morgan fingerprint density at radius 3 is 2.65 bits per heavy atom. The smallest absolute Gasteiger partial charge is 0.0620 e. The largest absolute Gasteiger partial charge is 0.380 e. The van der Waals surface area contributed by atoms with Crippen molar-refractivity contribution in [3.8, 4) is 0 Å². The molecule has 0 bridgehead atoms. The first-order valence-corrected chi connectivity index (χ1v) is 6.74. The summed E-state index contributed by atoms with van der Waals surface area (Å²) in [6, 6.07) is 8.78. The van der Waals surface area contributed by atoms with E-state index in [9.17, 15) is 0 Å². The number of rotatable bonds is 4. The Morgan fingerprint density at radius 2 is 2.06 bits per heavy atom. The summed E-state index contributed by atoms with van der Waals surface area (Å²) in [6.07, 6.45) is 4.83. The first-order valence-electron chi connectivity index (χ1n) is 6.36. The molecule has 1 aliphatic heterocycles. The SMILES string of the molecule is Clc1ccc(CC2(NC3CCOC3)CC2)cc1. The van der Waals surface area contributed by atoms with Gasteiger partial charge in [0.2, 0.25) is 0 Å². The van der Waals surface area contributed by atoms with E-state index < -0.39 is 0 Å². The maximum atomic E-state index is 5.90. The zero-order valence-corrected chi connectivity index (χ0v) is 10.7. The van der Waals surface area contributed by atoms with Gasteiger partial charge in [-0.15, -0.1) is 0 Å². The fourth-order valence-electron chi connectivity index (χ4n) is 2.60. The monoisotopic (exact) mass is 251 g/mol. The van der Waals surface area contributed by atoms with Gasteiger partial charge in [0.25, 0.3) is 0 Å². The maximum Gasteiger partial charge on any atom is 0.0620 e. The second-order valence-electron chi connectivity index (χ2n) is 5.29. The molecule has 92 valence electrons. The van der Waals surface area contributed by atoms with Gasteiger partial charge in [-0.3, -0.25) is 0 Å². The summed E-state index contributed by atoms with van der Waals surface area (Å²) in [5.41, 5.74) is 1.71. The van der Waals surface area contributed by atoms with E-state index in [-0.39, 0.29) is 0 Å². The third-order valence-electron chi connectivity index (χ3n) is 3.75. The Balaban J connectivity index is 1.61. The quantitative estimate of drug-likeness (QED) is 0.889. The van der Waals surface area contributed by atoms with Crippen LogP contribution in [0.2, 0.25) is 5.02 Å². The zero-order chi connectivity index (χ0) is 11.7. The number of halogens is 1. The number of ether oxygens (including phenoxy) is 1. The molecular formula is C14H18ClNO. The molecule has 0 radical (unpaired) electrons. The molecule has 0 spiro atoms. The van der Waals surface area contributed by atoms with Crippen LogP contribution in [0.15, 0.2) is 24.3 Å². The average molecular weight is 252 g/mol. The van der Waals surface area contributed by atoms with Crippen molar-refractivity contribution in [3.63, 3.8) is 0 Å². The molecule has 3 heteroatoms. The molecule has 17 heavy (non-hydrogen) atoms. The molecule has 2 aliphatic rings. The Labute approximate surface area is 107 Å². The Morgan fingerprint density at radius 1 is 1.29 bits per heavy atom. The molecule has 1 saturated heterocycles. The summed E-state index contributed by atoms with van der Waals surface area (Å²) in [5.74, 6) is 0. The van der Waals surface area contributed by atoms with Crippen molar-refractivity contribution in [2.45, 2.75) is 37.3 Å². The molecular weight excluding hydrogens is 234 g/mol.